The molecule has 31 heavy (non-hydrogen) atoms. The third-order valence-corrected chi connectivity index (χ3v) is 5.02. The number of nitrogens with zero attached hydrogens (tertiary/aromatic N) is 2. The molecule has 3 N–H and O–H groups in total. The molecule has 1 aromatic rings. The summed E-state index contributed by atoms with van der Waals surface area (Å²) in [6.07, 6.45) is 0. The molecule has 0 spiro atoms. The lowest BCUT2D eigenvalue weighted by atomic mass is 10.0. The Morgan fingerprint density at radius 1 is 1.26 bits per heavy atom. The molecule has 1 saturated heterocycles. The van der Waals surface area contributed by atoms with Crippen LogP contribution in [-0.4, -0.2) is 67.7 Å². The number of ether oxygens (including phenoxy) is 1. The quantitative estimate of drug-likeness (QED) is 0.281. The first-order valence-corrected chi connectivity index (χ1v) is 10.8. The molecule has 0 saturated carbocycles. The van der Waals surface area contributed by atoms with Crippen LogP contribution in [0.25, 0.3) is 0 Å². The van der Waals surface area contributed by atoms with Crippen LogP contribution in [0.4, 0.5) is 0 Å². The fourth-order valence-corrected chi connectivity index (χ4v) is 3.63. The normalized spacial score (nSPS) is 18.0. The van der Waals surface area contributed by atoms with Crippen molar-refractivity contribution in [3.63, 3.8) is 0 Å². The highest BCUT2D eigenvalue weighted by atomic mass is 127. The van der Waals surface area contributed by atoms with Crippen LogP contribution in [0.15, 0.2) is 29.3 Å². The molecular weight excluding hydrogens is 529 g/mol. The van der Waals surface area contributed by atoms with Crippen LogP contribution in [0, 0.1) is 0 Å². The predicted molar refractivity (Wildman–Crippen MR) is 138 cm³/mol. The molecule has 1 aliphatic rings. The van der Waals surface area contributed by atoms with E-state index in [1.165, 1.54) is 5.56 Å². The van der Waals surface area contributed by atoms with E-state index in [-0.39, 0.29) is 53.6 Å². The SMILES string of the molecule is CN=C(NCC(=O)NC(C)(C)C)NCC(c1ccc(Cl)cc1)N1CCOC(C)(C)C1.I. The number of hydrogen-bond donors (Lipinski definition) is 3. The Bertz CT molecular complexity index is 734. The fourth-order valence-electron chi connectivity index (χ4n) is 3.50. The summed E-state index contributed by atoms with van der Waals surface area (Å²) in [6, 6.07) is 8.07. The van der Waals surface area contributed by atoms with Crippen molar-refractivity contribution in [2.75, 3.05) is 39.8 Å². The summed E-state index contributed by atoms with van der Waals surface area (Å²) < 4.78 is 5.89. The largest absolute Gasteiger partial charge is 0.373 e. The summed E-state index contributed by atoms with van der Waals surface area (Å²) >= 11 is 6.10. The Kier molecular flexibility index (Phi) is 11.0. The third-order valence-electron chi connectivity index (χ3n) is 4.77. The topological polar surface area (TPSA) is 78.0 Å². The van der Waals surface area contributed by atoms with Gasteiger partial charge in [-0.25, -0.2) is 0 Å². The van der Waals surface area contributed by atoms with Gasteiger partial charge in [0.25, 0.3) is 0 Å². The van der Waals surface area contributed by atoms with Gasteiger partial charge in [-0.2, -0.15) is 0 Å². The van der Waals surface area contributed by atoms with E-state index >= 15 is 0 Å². The van der Waals surface area contributed by atoms with Crippen molar-refractivity contribution in [1.82, 2.24) is 20.9 Å². The summed E-state index contributed by atoms with van der Waals surface area (Å²) in [5.41, 5.74) is 0.706. The molecule has 1 unspecified atom stereocenters. The number of carbonyl (C=O) groups is 1. The smallest absolute Gasteiger partial charge is 0.239 e. The third kappa shape index (κ3) is 9.93. The molecule has 1 aliphatic heterocycles. The minimum absolute atomic E-state index is 0. The molecule has 2 rings (SSSR count). The number of aliphatic imine (C=N–C) groups is 1. The molecule has 7 nitrogen and oxygen atoms in total. The summed E-state index contributed by atoms with van der Waals surface area (Å²) in [6.45, 7) is 13.2. The molecule has 1 atom stereocenters. The number of nitrogens with one attached hydrogen (secondary N) is 3. The number of amides is 1. The van der Waals surface area contributed by atoms with Crippen LogP contribution in [0.1, 0.15) is 46.2 Å². The van der Waals surface area contributed by atoms with Crippen molar-refractivity contribution in [2.24, 2.45) is 4.99 Å². The second-order valence-electron chi connectivity index (χ2n) is 9.25. The van der Waals surface area contributed by atoms with Gasteiger partial charge in [0.15, 0.2) is 5.96 Å². The van der Waals surface area contributed by atoms with E-state index < -0.39 is 0 Å². The molecule has 1 fully saturated rings. The van der Waals surface area contributed by atoms with Gasteiger partial charge in [0.1, 0.15) is 0 Å². The summed E-state index contributed by atoms with van der Waals surface area (Å²) in [7, 11) is 1.70. The highest BCUT2D eigenvalue weighted by molar-refractivity contribution is 14.0. The number of rotatable bonds is 6. The highest BCUT2D eigenvalue weighted by Crippen LogP contribution is 2.27. The van der Waals surface area contributed by atoms with Crippen molar-refractivity contribution in [3.8, 4) is 0 Å². The van der Waals surface area contributed by atoms with Gasteiger partial charge < -0.3 is 20.7 Å². The van der Waals surface area contributed by atoms with Gasteiger partial charge in [-0.15, -0.1) is 24.0 Å². The van der Waals surface area contributed by atoms with Crippen LogP contribution in [0.2, 0.25) is 5.02 Å². The van der Waals surface area contributed by atoms with Crippen molar-refractivity contribution >= 4 is 47.4 Å². The zero-order valence-electron chi connectivity index (χ0n) is 19.4. The zero-order chi connectivity index (χ0) is 22.4. The first-order chi connectivity index (χ1) is 14.0. The van der Waals surface area contributed by atoms with E-state index in [2.05, 4.69) is 51.8 Å². The zero-order valence-corrected chi connectivity index (χ0v) is 22.5. The molecule has 1 heterocycles. The van der Waals surface area contributed by atoms with Gasteiger partial charge in [0.2, 0.25) is 5.91 Å². The molecule has 9 heteroatoms. The average Bonchev–Trinajstić information content (AvgIpc) is 2.63. The van der Waals surface area contributed by atoms with Crippen LogP contribution < -0.4 is 16.0 Å². The Hall–Kier alpha value is -1.10. The van der Waals surface area contributed by atoms with Crippen molar-refractivity contribution in [1.29, 1.82) is 0 Å². The Balaban J connectivity index is 0.00000480. The molecule has 1 aromatic carbocycles. The first-order valence-electron chi connectivity index (χ1n) is 10.4. The molecule has 0 bridgehead atoms. The Morgan fingerprint density at radius 3 is 2.45 bits per heavy atom. The monoisotopic (exact) mass is 565 g/mol. The number of hydrogen-bond acceptors (Lipinski definition) is 4. The second kappa shape index (κ2) is 12.2. The van der Waals surface area contributed by atoms with Crippen molar-refractivity contribution in [3.05, 3.63) is 34.9 Å². The number of guanidine groups is 1. The molecule has 176 valence electrons. The molecule has 0 aliphatic carbocycles. The van der Waals surface area contributed by atoms with Gasteiger partial charge in [-0.05, 0) is 52.3 Å². The molecule has 1 amide bonds. The maximum Gasteiger partial charge on any atom is 0.239 e. The maximum atomic E-state index is 12.1. The van der Waals surface area contributed by atoms with Gasteiger partial charge in [0.05, 0.1) is 24.8 Å². The predicted octanol–water partition coefficient (Wildman–Crippen LogP) is 3.19. The minimum atomic E-state index is -0.265. The van der Waals surface area contributed by atoms with Gasteiger partial charge >= 0.3 is 0 Å². The van der Waals surface area contributed by atoms with Crippen LogP contribution in [0.5, 0.6) is 0 Å². The van der Waals surface area contributed by atoms with Gasteiger partial charge in [-0.1, -0.05) is 23.7 Å². The van der Waals surface area contributed by atoms with Crippen LogP contribution >= 0.6 is 35.6 Å². The van der Waals surface area contributed by atoms with E-state index in [1.54, 1.807) is 7.05 Å². The Morgan fingerprint density at radius 2 is 1.90 bits per heavy atom. The van der Waals surface area contributed by atoms with Gasteiger partial charge in [0, 0.05) is 37.2 Å². The van der Waals surface area contributed by atoms with E-state index in [4.69, 9.17) is 16.3 Å². The maximum absolute atomic E-state index is 12.1. The summed E-state index contributed by atoms with van der Waals surface area (Å²) in [5.74, 6) is 0.514. The molecule has 0 aromatic heterocycles. The number of carbonyl (C=O) groups excluding carboxylic acids is 1. The average molecular weight is 566 g/mol. The van der Waals surface area contributed by atoms with Crippen LogP contribution in [-0.2, 0) is 9.53 Å². The summed E-state index contributed by atoms with van der Waals surface area (Å²) in [4.78, 5) is 18.8. The van der Waals surface area contributed by atoms with E-state index in [0.717, 1.165) is 18.1 Å². The second-order valence-corrected chi connectivity index (χ2v) is 9.69. The lowest BCUT2D eigenvalue weighted by molar-refractivity contribution is -0.121. The molecular formula is C22H37ClIN5O2. The van der Waals surface area contributed by atoms with E-state index in [9.17, 15) is 4.79 Å². The fraction of sp³-hybridized carbons (Fsp3) is 0.636. The van der Waals surface area contributed by atoms with Crippen molar-refractivity contribution in [2.45, 2.75) is 51.8 Å². The molecule has 0 radical (unpaired) electrons. The first kappa shape index (κ1) is 27.9. The highest BCUT2D eigenvalue weighted by Gasteiger charge is 2.32. The Labute approximate surface area is 208 Å². The number of morpholine rings is 1. The van der Waals surface area contributed by atoms with E-state index in [1.807, 2.05) is 32.9 Å². The van der Waals surface area contributed by atoms with Crippen molar-refractivity contribution < 1.29 is 9.53 Å². The number of benzene rings is 1. The minimum Gasteiger partial charge on any atom is -0.373 e. The summed E-state index contributed by atoms with van der Waals surface area (Å²) in [5, 5.41) is 10.1. The van der Waals surface area contributed by atoms with Gasteiger partial charge in [-0.3, -0.25) is 14.7 Å². The lowest BCUT2D eigenvalue weighted by Crippen LogP contribution is -2.53. The standard InChI is InChI=1S/C22H36ClN5O2.HI/c1-21(2,3)27-19(29)14-26-20(24-6)25-13-18(16-7-9-17(23)10-8-16)28-11-12-30-22(4,5)15-28;/h7-10,18H,11-15H2,1-6H3,(H,27,29)(H2,24,25,26);1H. The van der Waals surface area contributed by atoms with E-state index in [0.29, 0.717) is 19.1 Å². The van der Waals surface area contributed by atoms with Crippen LogP contribution in [0.3, 0.4) is 0 Å². The lowest BCUT2D eigenvalue weighted by Gasteiger charge is -2.42. The number of halogens is 2.